The van der Waals surface area contributed by atoms with Crippen LogP contribution in [0.25, 0.3) is 0 Å². The topological polar surface area (TPSA) is 105 Å². The van der Waals surface area contributed by atoms with E-state index in [0.29, 0.717) is 30.5 Å². The predicted molar refractivity (Wildman–Crippen MR) is 125 cm³/mol. The van der Waals surface area contributed by atoms with Crippen LogP contribution < -0.4 is 10.1 Å². The molecule has 2 unspecified atom stereocenters. The van der Waals surface area contributed by atoms with Crippen molar-refractivity contribution in [2.24, 2.45) is 0 Å². The van der Waals surface area contributed by atoms with Gasteiger partial charge in [0.25, 0.3) is 5.91 Å². The molecule has 4 heterocycles. The van der Waals surface area contributed by atoms with E-state index in [2.05, 4.69) is 15.2 Å². The van der Waals surface area contributed by atoms with Gasteiger partial charge in [-0.05, 0) is 56.4 Å². The molecule has 0 spiro atoms. The van der Waals surface area contributed by atoms with E-state index >= 15 is 0 Å². The Morgan fingerprint density at radius 3 is 2.71 bits per heavy atom. The summed E-state index contributed by atoms with van der Waals surface area (Å²) in [7, 11) is 0. The molecule has 2 aromatic rings. The number of amides is 3. The minimum Gasteiger partial charge on any atom is -0.489 e. The van der Waals surface area contributed by atoms with Crippen LogP contribution in [0.1, 0.15) is 72.0 Å². The van der Waals surface area contributed by atoms with Crippen molar-refractivity contribution < 1.29 is 23.5 Å². The Bertz CT molecular complexity index is 1170. The van der Waals surface area contributed by atoms with Gasteiger partial charge in [0.1, 0.15) is 23.7 Å². The first-order valence-corrected chi connectivity index (χ1v) is 12.6. The van der Waals surface area contributed by atoms with Crippen LogP contribution >= 0.6 is 0 Å². The second kappa shape index (κ2) is 8.78. The Kier molecular flexibility index (Phi) is 5.59. The molecule has 0 radical (unpaired) electrons. The summed E-state index contributed by atoms with van der Waals surface area (Å²) in [6.07, 6.45) is 6.94. The molecule has 184 valence electrons. The molecule has 0 bridgehead atoms. The van der Waals surface area contributed by atoms with E-state index in [1.54, 1.807) is 17.2 Å². The van der Waals surface area contributed by atoms with Gasteiger partial charge in [0, 0.05) is 37.7 Å². The van der Waals surface area contributed by atoms with Gasteiger partial charge in [-0.1, -0.05) is 6.42 Å². The van der Waals surface area contributed by atoms with Gasteiger partial charge in [-0.15, -0.1) is 0 Å². The van der Waals surface area contributed by atoms with Crippen LogP contribution in [-0.2, 0) is 16.1 Å². The molecule has 4 aliphatic rings. The number of benzene rings is 1. The third kappa shape index (κ3) is 4.11. The predicted octanol–water partition coefficient (Wildman–Crippen LogP) is 2.53. The average molecular weight is 479 g/mol. The fourth-order valence-electron chi connectivity index (χ4n) is 5.93. The molecule has 1 aliphatic carbocycles. The second-order valence-corrected chi connectivity index (χ2v) is 10.2. The Morgan fingerprint density at radius 1 is 1.11 bits per heavy atom. The van der Waals surface area contributed by atoms with E-state index in [9.17, 15) is 14.4 Å². The van der Waals surface area contributed by atoms with Crippen LogP contribution in [0, 0.1) is 6.92 Å². The minimum absolute atomic E-state index is 0.0948. The van der Waals surface area contributed by atoms with Gasteiger partial charge in [0.2, 0.25) is 11.8 Å². The van der Waals surface area contributed by atoms with E-state index < -0.39 is 11.9 Å². The number of carbonyl (C=O) groups excluding carboxylic acids is 3. The average Bonchev–Trinajstić information content (AvgIpc) is 3.37. The van der Waals surface area contributed by atoms with Crippen molar-refractivity contribution in [2.45, 2.75) is 76.1 Å². The Hall–Kier alpha value is -3.20. The lowest BCUT2D eigenvalue weighted by Gasteiger charge is -2.47. The van der Waals surface area contributed by atoms with Crippen molar-refractivity contribution >= 4 is 17.7 Å². The molecule has 3 atom stereocenters. The maximum Gasteiger partial charge on any atom is 0.255 e. The molecule has 2 saturated heterocycles. The fourth-order valence-corrected chi connectivity index (χ4v) is 5.93. The maximum absolute atomic E-state index is 13.0. The zero-order chi connectivity index (χ0) is 24.1. The molecule has 3 aliphatic heterocycles. The number of nitrogens with one attached hydrogen (secondary N) is 1. The van der Waals surface area contributed by atoms with Crippen molar-refractivity contribution in [3.05, 3.63) is 47.2 Å². The first-order chi connectivity index (χ1) is 17.0. The lowest BCUT2D eigenvalue weighted by Crippen LogP contribution is -2.57. The van der Waals surface area contributed by atoms with Crippen LogP contribution in [0.2, 0.25) is 0 Å². The van der Waals surface area contributed by atoms with Crippen LogP contribution in [0.15, 0.2) is 28.8 Å². The molecule has 3 amide bonds. The summed E-state index contributed by atoms with van der Waals surface area (Å²) in [5.74, 6) is 1.95. The number of ether oxygens (including phenoxy) is 1. The number of carbonyl (C=O) groups is 3. The highest BCUT2D eigenvalue weighted by Gasteiger charge is 2.42. The van der Waals surface area contributed by atoms with E-state index in [1.165, 1.54) is 6.42 Å². The molecule has 1 aromatic heterocycles. The Balaban J connectivity index is 1.12. The molecule has 9 heteroatoms. The molecule has 9 nitrogen and oxygen atoms in total. The van der Waals surface area contributed by atoms with E-state index in [1.807, 2.05) is 19.1 Å². The van der Waals surface area contributed by atoms with Crippen molar-refractivity contribution in [3.63, 3.8) is 0 Å². The number of aromatic nitrogens is 1. The quantitative estimate of drug-likeness (QED) is 0.659. The molecule has 1 N–H and O–H groups in total. The molecule has 6 rings (SSSR count). The highest BCUT2D eigenvalue weighted by atomic mass is 16.5. The summed E-state index contributed by atoms with van der Waals surface area (Å²) < 4.78 is 12.2. The number of likely N-dealkylation sites (tertiary alicyclic amines) is 1. The third-order valence-electron chi connectivity index (χ3n) is 7.82. The number of rotatable bonds is 5. The number of fused-ring (bicyclic) bond motifs is 1. The Morgan fingerprint density at radius 2 is 1.94 bits per heavy atom. The lowest BCUT2D eigenvalue weighted by atomic mass is 9.86. The summed E-state index contributed by atoms with van der Waals surface area (Å²) in [6.45, 7) is 4.15. The number of hydrogen-bond donors (Lipinski definition) is 1. The van der Waals surface area contributed by atoms with Gasteiger partial charge in [-0.2, -0.15) is 0 Å². The van der Waals surface area contributed by atoms with Gasteiger partial charge in [0.15, 0.2) is 5.89 Å². The molecule has 3 fully saturated rings. The summed E-state index contributed by atoms with van der Waals surface area (Å²) >= 11 is 0. The normalized spacial score (nSPS) is 27.5. The molecule has 35 heavy (non-hydrogen) atoms. The van der Waals surface area contributed by atoms with E-state index in [4.69, 9.17) is 9.15 Å². The number of piperidine rings is 1. The van der Waals surface area contributed by atoms with Crippen LogP contribution in [0.5, 0.6) is 5.75 Å². The van der Waals surface area contributed by atoms with Crippen LogP contribution in [0.3, 0.4) is 0 Å². The smallest absolute Gasteiger partial charge is 0.255 e. The van der Waals surface area contributed by atoms with Gasteiger partial charge >= 0.3 is 0 Å². The SMILES string of the molecule is Cc1cnc(C2CN(C3CCCC[C@H]3Oc3ccc4c(c3)CN(C3CCC(=O)NC3=O)C4=O)C2)o1. The van der Waals surface area contributed by atoms with Crippen molar-refractivity contribution in [3.8, 4) is 5.75 Å². The third-order valence-corrected chi connectivity index (χ3v) is 7.82. The molecule has 1 aromatic carbocycles. The lowest BCUT2D eigenvalue weighted by molar-refractivity contribution is -0.136. The first kappa shape index (κ1) is 22.3. The number of imide groups is 1. The summed E-state index contributed by atoms with van der Waals surface area (Å²) in [4.78, 5) is 45.2. The largest absolute Gasteiger partial charge is 0.489 e. The van der Waals surface area contributed by atoms with Crippen LogP contribution in [-0.4, -0.2) is 63.8 Å². The van der Waals surface area contributed by atoms with E-state index in [-0.39, 0.29) is 24.3 Å². The monoisotopic (exact) mass is 478 g/mol. The fraction of sp³-hybridized carbons (Fsp3) is 0.538. The summed E-state index contributed by atoms with van der Waals surface area (Å²) in [5, 5.41) is 2.35. The van der Waals surface area contributed by atoms with Gasteiger partial charge in [0.05, 0.1) is 12.1 Å². The zero-order valence-electron chi connectivity index (χ0n) is 19.9. The molecule has 1 saturated carbocycles. The summed E-state index contributed by atoms with van der Waals surface area (Å²) in [5.41, 5.74) is 1.47. The Labute approximate surface area is 203 Å². The molecular weight excluding hydrogens is 448 g/mol. The first-order valence-electron chi connectivity index (χ1n) is 12.6. The summed E-state index contributed by atoms with van der Waals surface area (Å²) in [6, 6.07) is 5.36. The van der Waals surface area contributed by atoms with Gasteiger partial charge in [-0.3, -0.25) is 24.6 Å². The number of aryl methyl sites for hydroxylation is 1. The minimum atomic E-state index is -0.605. The number of oxazole rings is 1. The van der Waals surface area contributed by atoms with Gasteiger partial charge in [-0.25, -0.2) is 4.98 Å². The maximum atomic E-state index is 13.0. The van der Waals surface area contributed by atoms with Crippen LogP contribution in [0.4, 0.5) is 0 Å². The highest BCUT2D eigenvalue weighted by molar-refractivity contribution is 6.05. The van der Waals surface area contributed by atoms with E-state index in [0.717, 1.165) is 55.3 Å². The standard InChI is InChI=1S/C26H30N4O5/c1-15-11-27-25(34-15)17-12-29(13-17)20-4-2-3-5-22(20)35-18-6-7-19-16(10-18)14-30(26(19)33)21-8-9-23(31)28-24(21)32/h6-7,10-11,17,20-22H,2-5,8-9,12-14H2,1H3,(H,28,31,32)/t20?,21?,22-/m1/s1. The van der Waals surface area contributed by atoms with Crippen molar-refractivity contribution in [1.82, 2.24) is 20.1 Å². The number of hydrogen-bond acceptors (Lipinski definition) is 7. The van der Waals surface area contributed by atoms with Gasteiger partial charge < -0.3 is 14.1 Å². The molecular formula is C26H30N4O5. The highest BCUT2D eigenvalue weighted by Crippen LogP contribution is 2.36. The van der Waals surface area contributed by atoms with Crippen molar-refractivity contribution in [1.29, 1.82) is 0 Å². The second-order valence-electron chi connectivity index (χ2n) is 10.2. The zero-order valence-corrected chi connectivity index (χ0v) is 19.9. The van der Waals surface area contributed by atoms with Crippen molar-refractivity contribution in [2.75, 3.05) is 13.1 Å². The number of nitrogens with zero attached hydrogens (tertiary/aromatic N) is 3.